The van der Waals surface area contributed by atoms with E-state index < -0.39 is 5.97 Å². The number of rotatable bonds is 4. The summed E-state index contributed by atoms with van der Waals surface area (Å²) in [4.78, 5) is 19.1. The van der Waals surface area contributed by atoms with Crippen molar-refractivity contribution in [3.05, 3.63) is 10.7 Å². The molecule has 0 aromatic carbocycles. The predicted molar refractivity (Wildman–Crippen MR) is 56.1 cm³/mol. The molecule has 6 nitrogen and oxygen atoms in total. The van der Waals surface area contributed by atoms with Crippen LogP contribution in [0.4, 0.5) is 0 Å². The van der Waals surface area contributed by atoms with Gasteiger partial charge in [-0.3, -0.25) is 0 Å². The topological polar surface area (TPSA) is 70.5 Å². The maximum atomic E-state index is 11.5. The highest BCUT2D eigenvalue weighted by molar-refractivity contribution is 6.32. The fourth-order valence-corrected chi connectivity index (χ4v) is 1.24. The van der Waals surface area contributed by atoms with Crippen LogP contribution in [-0.4, -0.2) is 36.8 Å². The third-order valence-electron chi connectivity index (χ3n) is 1.67. The Morgan fingerprint density at radius 2 is 2.00 bits per heavy atom. The number of esters is 1. The molecule has 0 saturated carbocycles. The highest BCUT2D eigenvalue weighted by Gasteiger charge is 2.22. The second-order valence-corrected chi connectivity index (χ2v) is 2.96. The SMILES string of the molecule is CCOC(=O)c1c(Cl)nc(OC)nc1OC. The van der Waals surface area contributed by atoms with Crippen molar-refractivity contribution in [1.82, 2.24) is 9.97 Å². The van der Waals surface area contributed by atoms with Crippen molar-refractivity contribution in [3.63, 3.8) is 0 Å². The number of ether oxygens (including phenoxy) is 3. The van der Waals surface area contributed by atoms with Crippen molar-refractivity contribution in [2.24, 2.45) is 0 Å². The van der Waals surface area contributed by atoms with Crippen LogP contribution in [0.15, 0.2) is 0 Å². The van der Waals surface area contributed by atoms with Crippen molar-refractivity contribution < 1.29 is 19.0 Å². The number of nitrogens with zero attached hydrogens (tertiary/aromatic N) is 2. The number of hydrogen-bond acceptors (Lipinski definition) is 6. The average molecular weight is 247 g/mol. The van der Waals surface area contributed by atoms with E-state index in [0.29, 0.717) is 0 Å². The Bertz CT molecular complexity index is 397. The summed E-state index contributed by atoms with van der Waals surface area (Å²) in [5.74, 6) is -0.609. The number of hydrogen-bond donors (Lipinski definition) is 0. The summed E-state index contributed by atoms with van der Waals surface area (Å²) in [5.41, 5.74) is -0.00758. The number of carbonyl (C=O) groups excluding carboxylic acids is 1. The van der Waals surface area contributed by atoms with Crippen LogP contribution in [-0.2, 0) is 4.74 Å². The molecule has 1 aromatic heterocycles. The molecule has 16 heavy (non-hydrogen) atoms. The van der Waals surface area contributed by atoms with Crippen LogP contribution in [0.25, 0.3) is 0 Å². The molecule has 0 atom stereocenters. The molecule has 0 bridgehead atoms. The maximum Gasteiger partial charge on any atom is 0.346 e. The molecule has 0 aliphatic carbocycles. The van der Waals surface area contributed by atoms with Gasteiger partial charge in [0.25, 0.3) is 0 Å². The number of methoxy groups -OCH3 is 2. The Hall–Kier alpha value is -1.56. The standard InChI is InChI=1S/C9H11ClN2O4/c1-4-16-8(13)5-6(10)11-9(15-3)12-7(5)14-2/h4H2,1-3H3. The van der Waals surface area contributed by atoms with Crippen molar-refractivity contribution in [2.45, 2.75) is 6.92 Å². The van der Waals surface area contributed by atoms with Crippen molar-refractivity contribution >= 4 is 17.6 Å². The van der Waals surface area contributed by atoms with Crippen LogP contribution in [0.1, 0.15) is 17.3 Å². The molecular formula is C9H11ClN2O4. The molecule has 0 saturated heterocycles. The molecule has 0 fully saturated rings. The molecule has 1 rings (SSSR count). The van der Waals surface area contributed by atoms with Gasteiger partial charge in [0.15, 0.2) is 10.7 Å². The Balaban J connectivity index is 3.21. The number of carbonyl (C=O) groups is 1. The molecular weight excluding hydrogens is 236 g/mol. The van der Waals surface area contributed by atoms with Gasteiger partial charge in [-0.15, -0.1) is 0 Å². The first-order chi connectivity index (χ1) is 7.63. The van der Waals surface area contributed by atoms with Crippen LogP contribution >= 0.6 is 11.6 Å². The summed E-state index contributed by atoms with van der Waals surface area (Å²) in [6.07, 6.45) is 0. The van der Waals surface area contributed by atoms with Crippen molar-refractivity contribution in [2.75, 3.05) is 20.8 Å². The van der Waals surface area contributed by atoms with Gasteiger partial charge in [0.2, 0.25) is 5.88 Å². The van der Waals surface area contributed by atoms with Gasteiger partial charge in [0.1, 0.15) is 0 Å². The third-order valence-corrected chi connectivity index (χ3v) is 1.94. The first-order valence-electron chi connectivity index (χ1n) is 4.46. The van der Waals surface area contributed by atoms with Gasteiger partial charge in [-0.1, -0.05) is 11.6 Å². The lowest BCUT2D eigenvalue weighted by molar-refractivity contribution is 0.0521. The minimum Gasteiger partial charge on any atom is -0.480 e. The minimum absolute atomic E-state index is 0.00758. The Morgan fingerprint density at radius 1 is 1.31 bits per heavy atom. The van der Waals surface area contributed by atoms with E-state index >= 15 is 0 Å². The zero-order chi connectivity index (χ0) is 12.1. The van der Waals surface area contributed by atoms with E-state index in [1.54, 1.807) is 6.92 Å². The van der Waals surface area contributed by atoms with Crippen LogP contribution in [0.3, 0.4) is 0 Å². The van der Waals surface area contributed by atoms with Crippen LogP contribution in [0.2, 0.25) is 5.15 Å². The lowest BCUT2D eigenvalue weighted by Crippen LogP contribution is -2.10. The molecule has 1 heterocycles. The van der Waals surface area contributed by atoms with E-state index in [9.17, 15) is 4.79 Å². The first kappa shape index (κ1) is 12.5. The molecule has 0 spiro atoms. The Kier molecular flexibility index (Phi) is 4.30. The largest absolute Gasteiger partial charge is 0.480 e. The molecule has 1 aromatic rings. The zero-order valence-electron chi connectivity index (χ0n) is 9.11. The summed E-state index contributed by atoms with van der Waals surface area (Å²) in [7, 11) is 2.75. The molecule has 0 N–H and O–H groups in total. The van der Waals surface area contributed by atoms with Gasteiger partial charge in [-0.2, -0.15) is 9.97 Å². The lowest BCUT2D eigenvalue weighted by Gasteiger charge is -2.09. The van der Waals surface area contributed by atoms with E-state index in [1.807, 2.05) is 0 Å². The fourth-order valence-electron chi connectivity index (χ4n) is 1.01. The second kappa shape index (κ2) is 5.50. The summed E-state index contributed by atoms with van der Waals surface area (Å²) in [6, 6.07) is 0.0231. The molecule has 0 amide bonds. The smallest absolute Gasteiger partial charge is 0.346 e. The second-order valence-electron chi connectivity index (χ2n) is 2.61. The number of halogens is 1. The van der Waals surface area contributed by atoms with Gasteiger partial charge in [0, 0.05) is 0 Å². The molecule has 0 radical (unpaired) electrons. The monoisotopic (exact) mass is 246 g/mol. The maximum absolute atomic E-state index is 11.5. The normalized spacial score (nSPS) is 9.75. The molecule has 0 aliphatic rings. The van der Waals surface area contributed by atoms with E-state index in [1.165, 1.54) is 14.2 Å². The lowest BCUT2D eigenvalue weighted by atomic mass is 10.3. The third kappa shape index (κ3) is 2.52. The van der Waals surface area contributed by atoms with E-state index in [2.05, 4.69) is 9.97 Å². The highest BCUT2D eigenvalue weighted by Crippen LogP contribution is 2.26. The van der Waals surface area contributed by atoms with Gasteiger partial charge in [-0.05, 0) is 6.92 Å². The molecule has 7 heteroatoms. The molecule has 88 valence electrons. The summed E-state index contributed by atoms with van der Waals surface area (Å²) < 4.78 is 14.5. The fraction of sp³-hybridized carbons (Fsp3) is 0.444. The zero-order valence-corrected chi connectivity index (χ0v) is 9.87. The Morgan fingerprint density at radius 3 is 2.50 bits per heavy atom. The minimum atomic E-state index is -0.632. The summed E-state index contributed by atoms with van der Waals surface area (Å²) in [5, 5.41) is -0.0675. The summed E-state index contributed by atoms with van der Waals surface area (Å²) >= 11 is 5.81. The highest BCUT2D eigenvalue weighted by atomic mass is 35.5. The molecule has 0 aliphatic heterocycles. The average Bonchev–Trinajstić information content (AvgIpc) is 2.27. The van der Waals surface area contributed by atoms with Crippen LogP contribution in [0, 0.1) is 0 Å². The van der Waals surface area contributed by atoms with Crippen molar-refractivity contribution in [3.8, 4) is 11.9 Å². The number of aromatic nitrogens is 2. The van der Waals surface area contributed by atoms with E-state index in [-0.39, 0.29) is 29.2 Å². The van der Waals surface area contributed by atoms with Crippen molar-refractivity contribution in [1.29, 1.82) is 0 Å². The predicted octanol–water partition coefficient (Wildman–Crippen LogP) is 1.32. The van der Waals surface area contributed by atoms with Gasteiger partial charge in [-0.25, -0.2) is 4.79 Å². The van der Waals surface area contributed by atoms with E-state index in [4.69, 9.17) is 25.8 Å². The first-order valence-corrected chi connectivity index (χ1v) is 4.84. The van der Waals surface area contributed by atoms with Gasteiger partial charge in [0.05, 0.1) is 20.8 Å². The van der Waals surface area contributed by atoms with Gasteiger partial charge < -0.3 is 14.2 Å². The summed E-state index contributed by atoms with van der Waals surface area (Å²) in [6.45, 7) is 1.91. The van der Waals surface area contributed by atoms with E-state index in [0.717, 1.165) is 0 Å². The molecule has 0 unspecified atom stereocenters. The van der Waals surface area contributed by atoms with Crippen LogP contribution < -0.4 is 9.47 Å². The van der Waals surface area contributed by atoms with Gasteiger partial charge >= 0.3 is 12.0 Å². The Labute approximate surface area is 97.5 Å². The quantitative estimate of drug-likeness (QED) is 0.590. The van der Waals surface area contributed by atoms with Crippen LogP contribution in [0.5, 0.6) is 11.9 Å².